The summed E-state index contributed by atoms with van der Waals surface area (Å²) in [7, 11) is 1.58. The van der Waals surface area contributed by atoms with Gasteiger partial charge in [0.15, 0.2) is 0 Å². The number of rotatable bonds is 7. The zero-order chi connectivity index (χ0) is 32.6. The van der Waals surface area contributed by atoms with Gasteiger partial charge in [-0.1, -0.05) is 31.0 Å². The molecule has 0 aromatic heterocycles. The normalized spacial score (nSPS) is 25.7. The van der Waals surface area contributed by atoms with Crippen LogP contribution in [-0.4, -0.2) is 84.9 Å². The van der Waals surface area contributed by atoms with E-state index >= 15 is 4.39 Å². The van der Waals surface area contributed by atoms with Crippen molar-refractivity contribution in [3.63, 3.8) is 0 Å². The number of benzene rings is 2. The zero-order valence-corrected chi connectivity index (χ0v) is 26.3. The van der Waals surface area contributed by atoms with Crippen molar-refractivity contribution in [1.82, 2.24) is 9.80 Å². The second kappa shape index (κ2) is 13.0. The first-order valence-corrected chi connectivity index (χ1v) is 16.5. The Bertz CT molecular complexity index is 1400. The summed E-state index contributed by atoms with van der Waals surface area (Å²) in [5.74, 6) is -1.94. The Kier molecular flexibility index (Phi) is 9.24. The fraction of sp³-hybridized carbons (Fsp3) is 0.600. The van der Waals surface area contributed by atoms with Crippen LogP contribution in [0.25, 0.3) is 0 Å². The quantitative estimate of drug-likeness (QED) is 0.348. The number of methoxy groups -OCH3 is 1. The van der Waals surface area contributed by atoms with Crippen LogP contribution < -0.4 is 9.64 Å². The molecule has 3 saturated heterocycles. The van der Waals surface area contributed by atoms with E-state index < -0.39 is 41.1 Å². The molecule has 46 heavy (non-hydrogen) atoms. The van der Waals surface area contributed by atoms with Gasteiger partial charge in [0, 0.05) is 56.9 Å². The minimum Gasteiger partial charge on any atom is -0.497 e. The summed E-state index contributed by atoms with van der Waals surface area (Å²) in [5.41, 5.74) is -0.802. The van der Waals surface area contributed by atoms with Crippen LogP contribution in [0.1, 0.15) is 79.9 Å². The van der Waals surface area contributed by atoms with Crippen LogP contribution in [0.5, 0.6) is 5.75 Å². The Morgan fingerprint density at radius 2 is 1.57 bits per heavy atom. The van der Waals surface area contributed by atoms with Crippen molar-refractivity contribution in [2.75, 3.05) is 51.3 Å². The second-order valence-electron chi connectivity index (χ2n) is 13.5. The number of ether oxygens (including phenoxy) is 1. The average molecular weight is 646 g/mol. The number of anilines is 1. The van der Waals surface area contributed by atoms with Gasteiger partial charge in [-0.3, -0.25) is 14.5 Å². The molecule has 1 N–H and O–H groups in total. The van der Waals surface area contributed by atoms with Gasteiger partial charge in [0.1, 0.15) is 5.75 Å². The lowest BCUT2D eigenvalue weighted by molar-refractivity contribution is -0.145. The molecule has 11 heteroatoms. The maximum absolute atomic E-state index is 17.3. The van der Waals surface area contributed by atoms with Crippen molar-refractivity contribution in [3.8, 4) is 5.75 Å². The van der Waals surface area contributed by atoms with Gasteiger partial charge in [0.05, 0.1) is 18.6 Å². The number of aliphatic carboxylic acids is 1. The number of amides is 1. The van der Waals surface area contributed by atoms with Crippen LogP contribution in [0.2, 0.25) is 0 Å². The molecule has 6 rings (SSSR count). The number of alkyl halides is 4. The monoisotopic (exact) mass is 645 g/mol. The summed E-state index contributed by atoms with van der Waals surface area (Å²) < 4.78 is 63.8. The Morgan fingerprint density at radius 1 is 0.913 bits per heavy atom. The fourth-order valence-electron chi connectivity index (χ4n) is 8.18. The molecule has 1 amide bonds. The number of carbonyl (C=O) groups excluding carboxylic acids is 1. The predicted molar refractivity (Wildman–Crippen MR) is 166 cm³/mol. The predicted octanol–water partition coefficient (Wildman–Crippen LogP) is 6.47. The maximum Gasteiger partial charge on any atom is 0.416 e. The molecular formula is C35H43F4N3O4. The van der Waals surface area contributed by atoms with Gasteiger partial charge in [-0.05, 0) is 79.8 Å². The third-order valence-electron chi connectivity index (χ3n) is 10.9. The number of hydrogen-bond donors (Lipinski definition) is 1. The van der Waals surface area contributed by atoms with E-state index in [9.17, 15) is 27.9 Å². The van der Waals surface area contributed by atoms with E-state index in [-0.39, 0.29) is 18.5 Å². The maximum atomic E-state index is 17.3. The molecule has 4 fully saturated rings. The van der Waals surface area contributed by atoms with Crippen molar-refractivity contribution < 1.29 is 37.0 Å². The Hall–Kier alpha value is -3.34. The topological polar surface area (TPSA) is 73.3 Å². The molecule has 250 valence electrons. The first-order valence-electron chi connectivity index (χ1n) is 16.5. The molecule has 0 unspecified atom stereocenters. The Morgan fingerprint density at radius 3 is 2.15 bits per heavy atom. The minimum atomic E-state index is -4.51. The highest BCUT2D eigenvalue weighted by Crippen LogP contribution is 2.45. The molecular weight excluding hydrogens is 602 g/mol. The van der Waals surface area contributed by atoms with E-state index in [4.69, 9.17) is 4.74 Å². The lowest BCUT2D eigenvalue weighted by Crippen LogP contribution is -2.52. The van der Waals surface area contributed by atoms with Crippen LogP contribution >= 0.6 is 0 Å². The molecule has 1 saturated carbocycles. The van der Waals surface area contributed by atoms with Crippen LogP contribution in [0, 0.1) is 5.92 Å². The molecule has 0 radical (unpaired) electrons. The van der Waals surface area contributed by atoms with Crippen LogP contribution in [0.4, 0.5) is 23.2 Å². The van der Waals surface area contributed by atoms with E-state index in [0.29, 0.717) is 69.8 Å². The minimum absolute atomic E-state index is 0.0580. The third kappa shape index (κ3) is 6.44. The van der Waals surface area contributed by atoms with Gasteiger partial charge in [0.25, 0.3) is 5.91 Å². The average Bonchev–Trinajstić information content (AvgIpc) is 3.73. The SMILES string of the molecule is COc1ccc([C@@H]2CN(C3CCCC3)C[C@@]2(F)C(=O)N2CCC(c3ccc(C(F)(F)F)cc3N3CCC(C(=O)O)CC3)CC2)cc1. The molecule has 4 aliphatic rings. The lowest BCUT2D eigenvalue weighted by atomic mass is 9.83. The van der Waals surface area contributed by atoms with Crippen molar-refractivity contribution in [1.29, 1.82) is 0 Å². The first kappa shape index (κ1) is 32.6. The van der Waals surface area contributed by atoms with Crippen LogP contribution in [0.3, 0.4) is 0 Å². The fourth-order valence-corrected chi connectivity index (χ4v) is 8.18. The number of piperidine rings is 2. The number of carboxylic acid groups (broad SMARTS) is 1. The van der Waals surface area contributed by atoms with Gasteiger partial charge in [-0.2, -0.15) is 13.2 Å². The first-order chi connectivity index (χ1) is 22.0. The number of carbonyl (C=O) groups is 2. The second-order valence-corrected chi connectivity index (χ2v) is 13.5. The van der Waals surface area contributed by atoms with E-state index in [1.807, 2.05) is 17.0 Å². The summed E-state index contributed by atoms with van der Waals surface area (Å²) in [5, 5.41) is 9.41. The third-order valence-corrected chi connectivity index (χ3v) is 10.9. The van der Waals surface area contributed by atoms with Gasteiger partial charge < -0.3 is 19.6 Å². The molecule has 2 atom stereocenters. The standard InChI is InChI=1S/C35H43F4N3O4/c1-46-28-9-6-24(7-10-28)30-21-42(27-4-2-3-5-27)22-34(30,36)33(45)41-18-12-23(13-19-41)29-11-8-26(35(37,38)39)20-31(29)40-16-14-25(15-17-40)32(43)44/h6-11,20,23,25,27,30H,2-5,12-19,21-22H2,1H3,(H,43,44)/t30-,34-/m0/s1. The zero-order valence-electron chi connectivity index (χ0n) is 26.3. The molecule has 0 bridgehead atoms. The summed E-state index contributed by atoms with van der Waals surface area (Å²) in [6.45, 7) is 1.88. The van der Waals surface area contributed by atoms with Crippen molar-refractivity contribution >= 4 is 17.6 Å². The highest BCUT2D eigenvalue weighted by atomic mass is 19.4. The molecule has 1 aliphatic carbocycles. The van der Waals surface area contributed by atoms with Crippen LogP contribution in [-0.2, 0) is 15.8 Å². The van der Waals surface area contributed by atoms with Gasteiger partial charge >= 0.3 is 12.1 Å². The largest absolute Gasteiger partial charge is 0.497 e. The highest BCUT2D eigenvalue weighted by Gasteiger charge is 2.56. The van der Waals surface area contributed by atoms with E-state index in [1.54, 1.807) is 24.1 Å². The molecule has 7 nitrogen and oxygen atoms in total. The molecule has 0 spiro atoms. The Labute approximate surface area is 267 Å². The van der Waals surface area contributed by atoms with E-state index in [1.165, 1.54) is 12.1 Å². The highest BCUT2D eigenvalue weighted by molar-refractivity contribution is 5.87. The number of likely N-dealkylation sites (tertiary alicyclic amines) is 2. The van der Waals surface area contributed by atoms with Crippen molar-refractivity contribution in [2.24, 2.45) is 5.92 Å². The number of halogens is 4. The summed E-state index contributed by atoms with van der Waals surface area (Å²) in [4.78, 5) is 31.2. The van der Waals surface area contributed by atoms with Gasteiger partial charge in [0.2, 0.25) is 5.67 Å². The van der Waals surface area contributed by atoms with Crippen molar-refractivity contribution in [3.05, 3.63) is 59.2 Å². The summed E-state index contributed by atoms with van der Waals surface area (Å²) in [6.07, 6.45) is 1.47. The lowest BCUT2D eigenvalue weighted by Gasteiger charge is -2.39. The molecule has 2 aromatic carbocycles. The number of hydrogen-bond acceptors (Lipinski definition) is 5. The van der Waals surface area contributed by atoms with E-state index in [2.05, 4.69) is 4.90 Å². The Balaban J connectivity index is 1.20. The van der Waals surface area contributed by atoms with Crippen molar-refractivity contribution in [2.45, 2.75) is 81.1 Å². The molecule has 3 aliphatic heterocycles. The molecule has 3 heterocycles. The summed E-state index contributed by atoms with van der Waals surface area (Å²) in [6, 6.07) is 11.4. The smallest absolute Gasteiger partial charge is 0.416 e. The molecule has 2 aromatic rings. The summed E-state index contributed by atoms with van der Waals surface area (Å²) >= 11 is 0. The van der Waals surface area contributed by atoms with Gasteiger partial charge in [-0.15, -0.1) is 0 Å². The number of carboxylic acids is 1. The van der Waals surface area contributed by atoms with E-state index in [0.717, 1.165) is 42.9 Å². The van der Waals surface area contributed by atoms with Gasteiger partial charge in [-0.25, -0.2) is 4.39 Å². The van der Waals surface area contributed by atoms with Crippen LogP contribution in [0.15, 0.2) is 42.5 Å². The number of nitrogens with zero attached hydrogens (tertiary/aromatic N) is 3.